The molecule has 1 atom stereocenters. The lowest BCUT2D eigenvalue weighted by atomic mass is 9.96. The molecule has 176 valence electrons. The summed E-state index contributed by atoms with van der Waals surface area (Å²) in [6, 6.07) is 13.5. The van der Waals surface area contributed by atoms with Gasteiger partial charge in [-0.15, -0.1) is 10.2 Å². The fraction of sp³-hybridized carbons (Fsp3) is 0.375. The standard InChI is InChI=1S/C24H28ClFN4O2S/c1-16(2)22(17-9-11-18(26)12-10-17)27-21(31)15-33-24-29-28-23(30(24)13-6-14-32-3)19-7-4-5-8-20(19)25/h4-5,7-12,16,22H,6,13-15H2,1-3H3,(H,27,31). The number of rotatable bonds is 11. The van der Waals surface area contributed by atoms with Gasteiger partial charge in [-0.05, 0) is 42.2 Å². The Bertz CT molecular complexity index is 1060. The summed E-state index contributed by atoms with van der Waals surface area (Å²) in [6.45, 7) is 5.27. The number of hydrogen-bond donors (Lipinski definition) is 1. The van der Waals surface area contributed by atoms with Crippen LogP contribution < -0.4 is 5.32 Å². The molecule has 1 N–H and O–H groups in total. The van der Waals surface area contributed by atoms with Gasteiger partial charge in [0.15, 0.2) is 11.0 Å². The molecule has 0 saturated heterocycles. The molecule has 0 aliphatic carbocycles. The number of nitrogens with zero attached hydrogens (tertiary/aromatic N) is 3. The number of benzene rings is 2. The van der Waals surface area contributed by atoms with E-state index in [2.05, 4.69) is 15.5 Å². The number of thioether (sulfide) groups is 1. The first-order valence-corrected chi connectivity index (χ1v) is 12.1. The minimum Gasteiger partial charge on any atom is -0.385 e. The second kappa shape index (κ2) is 12.2. The number of amides is 1. The molecule has 0 radical (unpaired) electrons. The molecule has 9 heteroatoms. The maximum atomic E-state index is 13.3. The van der Waals surface area contributed by atoms with E-state index < -0.39 is 0 Å². The van der Waals surface area contributed by atoms with E-state index in [9.17, 15) is 9.18 Å². The van der Waals surface area contributed by atoms with Crippen molar-refractivity contribution in [1.82, 2.24) is 20.1 Å². The Labute approximate surface area is 202 Å². The summed E-state index contributed by atoms with van der Waals surface area (Å²) < 4.78 is 20.5. The molecule has 3 rings (SSSR count). The predicted octanol–water partition coefficient (Wildman–Crippen LogP) is 5.38. The van der Waals surface area contributed by atoms with Crippen LogP contribution >= 0.6 is 23.4 Å². The third kappa shape index (κ3) is 6.79. The number of methoxy groups -OCH3 is 1. The van der Waals surface area contributed by atoms with Crippen LogP contribution in [-0.4, -0.2) is 40.1 Å². The van der Waals surface area contributed by atoms with Gasteiger partial charge in [0.2, 0.25) is 5.91 Å². The van der Waals surface area contributed by atoms with Crippen molar-refractivity contribution in [3.8, 4) is 11.4 Å². The first kappa shape index (κ1) is 25.2. The van der Waals surface area contributed by atoms with Crippen molar-refractivity contribution >= 4 is 29.3 Å². The van der Waals surface area contributed by atoms with Crippen molar-refractivity contribution < 1.29 is 13.9 Å². The van der Waals surface area contributed by atoms with E-state index in [0.29, 0.717) is 29.2 Å². The van der Waals surface area contributed by atoms with Crippen LogP contribution in [0.15, 0.2) is 53.7 Å². The molecule has 0 spiro atoms. The second-order valence-electron chi connectivity index (χ2n) is 7.91. The SMILES string of the molecule is COCCCn1c(SCC(=O)NC(c2ccc(F)cc2)C(C)C)nnc1-c1ccccc1Cl. The summed E-state index contributed by atoms with van der Waals surface area (Å²) in [5, 5.41) is 13.0. The van der Waals surface area contributed by atoms with Gasteiger partial charge in [-0.2, -0.15) is 0 Å². The molecule has 3 aromatic rings. The fourth-order valence-electron chi connectivity index (χ4n) is 3.46. The Kier molecular flexibility index (Phi) is 9.29. The van der Waals surface area contributed by atoms with E-state index in [1.54, 1.807) is 19.2 Å². The Hall–Kier alpha value is -2.42. The number of halogens is 2. The van der Waals surface area contributed by atoms with E-state index in [0.717, 1.165) is 17.5 Å². The summed E-state index contributed by atoms with van der Waals surface area (Å²) >= 11 is 7.70. The summed E-state index contributed by atoms with van der Waals surface area (Å²) in [5.74, 6) is 0.550. The molecular formula is C24H28ClFN4O2S. The lowest BCUT2D eigenvalue weighted by Crippen LogP contribution is -2.33. The molecule has 0 aliphatic rings. The van der Waals surface area contributed by atoms with Crippen molar-refractivity contribution in [1.29, 1.82) is 0 Å². The van der Waals surface area contributed by atoms with Crippen LogP contribution in [0.5, 0.6) is 0 Å². The number of aromatic nitrogens is 3. The average molecular weight is 491 g/mol. The highest BCUT2D eigenvalue weighted by atomic mass is 35.5. The summed E-state index contributed by atoms with van der Waals surface area (Å²) in [5.41, 5.74) is 1.66. The Morgan fingerprint density at radius 2 is 1.91 bits per heavy atom. The Balaban J connectivity index is 1.73. The molecule has 1 unspecified atom stereocenters. The molecular weight excluding hydrogens is 463 g/mol. The largest absolute Gasteiger partial charge is 0.385 e. The van der Waals surface area contributed by atoms with E-state index in [1.807, 2.05) is 42.7 Å². The third-order valence-corrected chi connectivity index (χ3v) is 6.40. The monoisotopic (exact) mass is 490 g/mol. The number of carbonyl (C=O) groups excluding carboxylic acids is 1. The quantitative estimate of drug-likeness (QED) is 0.288. The van der Waals surface area contributed by atoms with Crippen molar-refractivity contribution in [2.75, 3.05) is 19.5 Å². The number of ether oxygens (including phenoxy) is 1. The van der Waals surface area contributed by atoms with Gasteiger partial charge in [0.05, 0.1) is 16.8 Å². The first-order valence-electron chi connectivity index (χ1n) is 10.8. The van der Waals surface area contributed by atoms with Crippen LogP contribution in [0.1, 0.15) is 31.9 Å². The minimum absolute atomic E-state index is 0.131. The summed E-state index contributed by atoms with van der Waals surface area (Å²) in [6.07, 6.45) is 0.770. The Morgan fingerprint density at radius 1 is 1.18 bits per heavy atom. The fourth-order valence-corrected chi connectivity index (χ4v) is 4.45. The molecule has 0 fully saturated rings. The highest BCUT2D eigenvalue weighted by molar-refractivity contribution is 7.99. The van der Waals surface area contributed by atoms with Gasteiger partial charge in [0.25, 0.3) is 0 Å². The number of carbonyl (C=O) groups is 1. The van der Waals surface area contributed by atoms with Crippen molar-refractivity contribution in [3.63, 3.8) is 0 Å². The number of hydrogen-bond acceptors (Lipinski definition) is 5. The second-order valence-corrected chi connectivity index (χ2v) is 9.26. The van der Waals surface area contributed by atoms with Gasteiger partial charge < -0.3 is 14.6 Å². The first-order chi connectivity index (χ1) is 15.9. The lowest BCUT2D eigenvalue weighted by molar-refractivity contribution is -0.119. The van der Waals surface area contributed by atoms with Crippen LogP contribution in [0.2, 0.25) is 5.02 Å². The minimum atomic E-state index is -0.301. The zero-order valence-corrected chi connectivity index (χ0v) is 20.5. The van der Waals surface area contributed by atoms with Gasteiger partial charge in [-0.1, -0.05) is 61.5 Å². The maximum Gasteiger partial charge on any atom is 0.230 e. The van der Waals surface area contributed by atoms with E-state index in [-0.39, 0.29) is 29.4 Å². The van der Waals surface area contributed by atoms with Crippen LogP contribution in [0.3, 0.4) is 0 Å². The third-order valence-electron chi connectivity index (χ3n) is 5.11. The molecule has 0 aliphatic heterocycles. The zero-order chi connectivity index (χ0) is 23.8. The summed E-state index contributed by atoms with van der Waals surface area (Å²) in [4.78, 5) is 12.8. The molecule has 1 heterocycles. The highest BCUT2D eigenvalue weighted by Crippen LogP contribution is 2.30. The van der Waals surface area contributed by atoms with Crippen molar-refractivity contribution in [2.45, 2.75) is 38.0 Å². The smallest absolute Gasteiger partial charge is 0.230 e. The molecule has 33 heavy (non-hydrogen) atoms. The average Bonchev–Trinajstić information content (AvgIpc) is 3.19. The van der Waals surface area contributed by atoms with E-state index in [4.69, 9.17) is 16.3 Å². The van der Waals surface area contributed by atoms with Gasteiger partial charge in [-0.25, -0.2) is 4.39 Å². The molecule has 1 amide bonds. The van der Waals surface area contributed by atoms with Gasteiger partial charge in [0.1, 0.15) is 5.82 Å². The van der Waals surface area contributed by atoms with Gasteiger partial charge in [-0.3, -0.25) is 4.79 Å². The molecule has 1 aromatic heterocycles. The van der Waals surface area contributed by atoms with Crippen LogP contribution in [-0.2, 0) is 16.1 Å². The number of nitrogens with one attached hydrogen (secondary N) is 1. The van der Waals surface area contributed by atoms with Crippen LogP contribution in [0.4, 0.5) is 4.39 Å². The highest BCUT2D eigenvalue weighted by Gasteiger charge is 2.21. The van der Waals surface area contributed by atoms with E-state index >= 15 is 0 Å². The van der Waals surface area contributed by atoms with Crippen molar-refractivity contribution in [3.05, 3.63) is 64.9 Å². The van der Waals surface area contributed by atoms with Gasteiger partial charge >= 0.3 is 0 Å². The van der Waals surface area contributed by atoms with Crippen molar-refractivity contribution in [2.24, 2.45) is 5.92 Å². The molecule has 0 bridgehead atoms. The molecule has 6 nitrogen and oxygen atoms in total. The molecule has 0 saturated carbocycles. The zero-order valence-electron chi connectivity index (χ0n) is 18.9. The Morgan fingerprint density at radius 3 is 2.58 bits per heavy atom. The normalized spacial score (nSPS) is 12.2. The van der Waals surface area contributed by atoms with Gasteiger partial charge in [0, 0.05) is 25.8 Å². The van der Waals surface area contributed by atoms with Crippen LogP contribution in [0.25, 0.3) is 11.4 Å². The summed E-state index contributed by atoms with van der Waals surface area (Å²) in [7, 11) is 1.66. The van der Waals surface area contributed by atoms with E-state index in [1.165, 1.54) is 23.9 Å². The lowest BCUT2D eigenvalue weighted by Gasteiger charge is -2.23. The van der Waals surface area contributed by atoms with Crippen LogP contribution in [0, 0.1) is 11.7 Å². The topological polar surface area (TPSA) is 69.0 Å². The molecule has 2 aromatic carbocycles. The maximum absolute atomic E-state index is 13.3. The predicted molar refractivity (Wildman–Crippen MR) is 130 cm³/mol.